The molecule has 0 spiro atoms. The Balaban J connectivity index is 2.02. The molecule has 0 radical (unpaired) electrons. The normalized spacial score (nSPS) is 18.8. The molecular formula is C18H17ClN2O4S. The lowest BCUT2D eigenvalue weighted by molar-refractivity contribution is -0.116. The van der Waals surface area contributed by atoms with Crippen molar-refractivity contribution in [1.82, 2.24) is 0 Å². The lowest BCUT2D eigenvalue weighted by Crippen LogP contribution is -2.29. The number of sulfone groups is 1. The molecule has 2 amide bonds. The van der Waals surface area contributed by atoms with Crippen molar-refractivity contribution >= 4 is 44.6 Å². The first-order valence-electron chi connectivity index (χ1n) is 7.84. The standard InChI is InChI=1S/C18H17ClN2O4S/c1-12(22)20(2)15-7-9-16(10-8-15)21-17(23)11-26(24,25)18(21)13-3-5-14(19)6-4-13/h3-10,18H,11H2,1-2H3/t18-/m0/s1. The van der Waals surface area contributed by atoms with E-state index in [1.165, 1.54) is 16.7 Å². The van der Waals surface area contributed by atoms with Crippen molar-refractivity contribution < 1.29 is 18.0 Å². The van der Waals surface area contributed by atoms with E-state index in [-0.39, 0.29) is 5.91 Å². The number of carbonyl (C=O) groups excluding carboxylic acids is 2. The zero-order valence-electron chi connectivity index (χ0n) is 14.2. The largest absolute Gasteiger partial charge is 0.316 e. The van der Waals surface area contributed by atoms with Crippen molar-refractivity contribution in [2.75, 3.05) is 22.6 Å². The third-order valence-electron chi connectivity index (χ3n) is 4.31. The van der Waals surface area contributed by atoms with Gasteiger partial charge in [0.1, 0.15) is 5.75 Å². The Kier molecular flexibility index (Phi) is 4.77. The van der Waals surface area contributed by atoms with Gasteiger partial charge >= 0.3 is 0 Å². The van der Waals surface area contributed by atoms with Gasteiger partial charge in [-0.2, -0.15) is 0 Å². The minimum absolute atomic E-state index is 0.128. The number of hydrogen-bond donors (Lipinski definition) is 0. The summed E-state index contributed by atoms with van der Waals surface area (Å²) >= 11 is 5.88. The molecule has 0 saturated carbocycles. The Hall–Kier alpha value is -2.38. The number of halogens is 1. The summed E-state index contributed by atoms with van der Waals surface area (Å²) in [5.74, 6) is -1.16. The summed E-state index contributed by atoms with van der Waals surface area (Å²) in [4.78, 5) is 26.6. The number of hydrogen-bond acceptors (Lipinski definition) is 4. The monoisotopic (exact) mass is 392 g/mol. The number of anilines is 2. The predicted molar refractivity (Wildman–Crippen MR) is 101 cm³/mol. The molecule has 6 nitrogen and oxygen atoms in total. The van der Waals surface area contributed by atoms with Crippen molar-refractivity contribution in [3.8, 4) is 0 Å². The van der Waals surface area contributed by atoms with E-state index >= 15 is 0 Å². The average Bonchev–Trinajstić information content (AvgIpc) is 2.83. The molecule has 136 valence electrons. The topological polar surface area (TPSA) is 74.8 Å². The number of benzene rings is 2. The predicted octanol–water partition coefficient (Wildman–Crippen LogP) is 2.78. The first-order chi connectivity index (χ1) is 12.2. The molecule has 8 heteroatoms. The minimum atomic E-state index is -3.67. The van der Waals surface area contributed by atoms with Gasteiger partial charge in [0.15, 0.2) is 15.2 Å². The lowest BCUT2D eigenvalue weighted by Gasteiger charge is -2.24. The van der Waals surface area contributed by atoms with E-state index < -0.39 is 26.9 Å². The van der Waals surface area contributed by atoms with Crippen LogP contribution in [0.2, 0.25) is 5.02 Å². The van der Waals surface area contributed by atoms with Crippen LogP contribution < -0.4 is 9.80 Å². The number of carbonyl (C=O) groups is 2. The molecule has 3 rings (SSSR count). The summed E-state index contributed by atoms with van der Waals surface area (Å²) in [5, 5.41) is -0.609. The van der Waals surface area contributed by atoms with Crippen molar-refractivity contribution in [2.45, 2.75) is 12.3 Å². The van der Waals surface area contributed by atoms with Gasteiger partial charge in [-0.15, -0.1) is 0 Å². The van der Waals surface area contributed by atoms with Gasteiger partial charge in [0.2, 0.25) is 11.8 Å². The number of rotatable bonds is 3. The molecule has 1 saturated heterocycles. The first-order valence-corrected chi connectivity index (χ1v) is 9.93. The first kappa shape index (κ1) is 18.4. The molecule has 2 aromatic carbocycles. The molecule has 0 aliphatic carbocycles. The molecule has 0 aromatic heterocycles. The van der Waals surface area contributed by atoms with Crippen LogP contribution >= 0.6 is 11.6 Å². The highest BCUT2D eigenvalue weighted by Gasteiger charge is 2.45. The Morgan fingerprint density at radius 3 is 2.23 bits per heavy atom. The SMILES string of the molecule is CC(=O)N(C)c1ccc(N2C(=O)CS(=O)(=O)[C@H]2c2ccc(Cl)cc2)cc1. The van der Waals surface area contributed by atoms with Crippen molar-refractivity contribution in [2.24, 2.45) is 0 Å². The summed E-state index contributed by atoms with van der Waals surface area (Å²) in [5.41, 5.74) is 1.58. The lowest BCUT2D eigenvalue weighted by atomic mass is 10.2. The highest BCUT2D eigenvalue weighted by Crippen LogP contribution is 2.38. The zero-order chi connectivity index (χ0) is 19.1. The van der Waals surface area contributed by atoms with Gasteiger partial charge in [-0.3, -0.25) is 14.5 Å². The minimum Gasteiger partial charge on any atom is -0.316 e. The second kappa shape index (κ2) is 6.74. The smallest absolute Gasteiger partial charge is 0.243 e. The van der Waals surface area contributed by atoms with Crippen molar-refractivity contribution in [1.29, 1.82) is 0 Å². The number of amides is 2. The van der Waals surface area contributed by atoms with Crippen molar-refractivity contribution in [3.63, 3.8) is 0 Å². The molecule has 26 heavy (non-hydrogen) atoms. The molecule has 0 unspecified atom stereocenters. The van der Waals surface area contributed by atoms with Crippen LogP contribution in [0.15, 0.2) is 48.5 Å². The molecule has 2 aromatic rings. The highest BCUT2D eigenvalue weighted by atomic mass is 35.5. The second-order valence-corrected chi connectivity index (χ2v) is 8.57. The van der Waals surface area contributed by atoms with Gasteiger partial charge in [-0.1, -0.05) is 23.7 Å². The molecule has 1 heterocycles. The van der Waals surface area contributed by atoms with Crippen LogP contribution in [-0.2, 0) is 19.4 Å². The third kappa shape index (κ3) is 3.32. The van der Waals surface area contributed by atoms with Gasteiger partial charge in [0.05, 0.1) is 0 Å². The van der Waals surface area contributed by atoms with Gasteiger partial charge in [0, 0.05) is 30.4 Å². The Labute approximate surface area is 156 Å². The molecule has 1 aliphatic rings. The van der Waals surface area contributed by atoms with Gasteiger partial charge in [-0.25, -0.2) is 8.42 Å². The summed E-state index contributed by atoms with van der Waals surface area (Å²) in [7, 11) is -2.03. The fraction of sp³-hybridized carbons (Fsp3) is 0.222. The molecule has 1 aliphatic heterocycles. The summed E-state index contributed by atoms with van der Waals surface area (Å²) in [6.45, 7) is 1.45. The van der Waals surface area contributed by atoms with E-state index in [4.69, 9.17) is 11.6 Å². The summed E-state index contributed by atoms with van der Waals surface area (Å²) in [6.07, 6.45) is 0. The van der Waals surface area contributed by atoms with Gasteiger partial charge in [-0.05, 0) is 42.0 Å². The van der Waals surface area contributed by atoms with Gasteiger partial charge < -0.3 is 4.90 Å². The number of nitrogens with zero attached hydrogens (tertiary/aromatic N) is 2. The van der Waals surface area contributed by atoms with Crippen LogP contribution in [-0.4, -0.2) is 33.0 Å². The summed E-state index contributed by atoms with van der Waals surface area (Å²) < 4.78 is 25.1. The van der Waals surface area contributed by atoms with Crippen LogP contribution in [0.1, 0.15) is 17.9 Å². The quantitative estimate of drug-likeness (QED) is 0.804. The van der Waals surface area contributed by atoms with E-state index in [1.54, 1.807) is 55.6 Å². The van der Waals surface area contributed by atoms with E-state index in [0.29, 0.717) is 22.0 Å². The highest BCUT2D eigenvalue weighted by molar-refractivity contribution is 7.93. The fourth-order valence-corrected chi connectivity index (χ4v) is 4.79. The zero-order valence-corrected chi connectivity index (χ0v) is 15.8. The molecule has 0 N–H and O–H groups in total. The summed E-state index contributed by atoms with van der Waals surface area (Å²) in [6, 6.07) is 13.0. The molecule has 0 bridgehead atoms. The van der Waals surface area contributed by atoms with Crippen LogP contribution in [0.3, 0.4) is 0 Å². The van der Waals surface area contributed by atoms with Crippen LogP contribution in [0, 0.1) is 0 Å². The Morgan fingerprint density at radius 1 is 1.12 bits per heavy atom. The van der Waals surface area contributed by atoms with Crippen LogP contribution in [0.5, 0.6) is 0 Å². The Morgan fingerprint density at radius 2 is 1.69 bits per heavy atom. The van der Waals surface area contributed by atoms with E-state index in [0.717, 1.165) is 0 Å². The second-order valence-electron chi connectivity index (χ2n) is 6.07. The van der Waals surface area contributed by atoms with Crippen molar-refractivity contribution in [3.05, 3.63) is 59.1 Å². The molecular weight excluding hydrogens is 376 g/mol. The third-order valence-corrected chi connectivity index (χ3v) is 6.38. The maximum atomic E-state index is 12.6. The van der Waals surface area contributed by atoms with E-state index in [1.807, 2.05) is 0 Å². The molecule has 1 fully saturated rings. The van der Waals surface area contributed by atoms with E-state index in [2.05, 4.69) is 0 Å². The average molecular weight is 393 g/mol. The van der Waals surface area contributed by atoms with Gasteiger partial charge in [0.25, 0.3) is 0 Å². The maximum Gasteiger partial charge on any atom is 0.243 e. The van der Waals surface area contributed by atoms with E-state index in [9.17, 15) is 18.0 Å². The maximum absolute atomic E-state index is 12.6. The van der Waals surface area contributed by atoms with Crippen LogP contribution in [0.25, 0.3) is 0 Å². The molecule has 1 atom stereocenters. The fourth-order valence-electron chi connectivity index (χ4n) is 2.89. The van der Waals surface area contributed by atoms with Crippen LogP contribution in [0.4, 0.5) is 11.4 Å². The Bertz CT molecular complexity index is 956.